The monoisotopic (exact) mass is 418 g/mol. The average molecular weight is 419 g/mol. The fourth-order valence-electron chi connectivity index (χ4n) is 2.49. The Morgan fingerprint density at radius 2 is 1.71 bits per heavy atom. The second-order valence-electron chi connectivity index (χ2n) is 6.24. The summed E-state index contributed by atoms with van der Waals surface area (Å²) in [6, 6.07) is 12.0. The first-order valence-corrected chi connectivity index (χ1v) is 9.09. The molecule has 0 spiro atoms. The zero-order chi connectivity index (χ0) is 20.3. The molecular formula is C19H16Cl2N4O3. The molecule has 1 heterocycles. The molecule has 0 radical (unpaired) electrons. The highest BCUT2D eigenvalue weighted by molar-refractivity contribution is 6.35. The fourth-order valence-corrected chi connectivity index (χ4v) is 3.01. The lowest BCUT2D eigenvalue weighted by molar-refractivity contribution is -0.385. The summed E-state index contributed by atoms with van der Waals surface area (Å²) in [7, 11) is 0. The summed E-state index contributed by atoms with van der Waals surface area (Å²) in [6.45, 7) is 4.15. The molecule has 0 unspecified atom stereocenters. The Bertz CT molecular complexity index is 990. The van der Waals surface area contributed by atoms with Crippen molar-refractivity contribution >= 4 is 40.4 Å². The van der Waals surface area contributed by atoms with Crippen LogP contribution in [0.5, 0.6) is 11.6 Å². The summed E-state index contributed by atoms with van der Waals surface area (Å²) in [6.07, 6.45) is 1.18. The molecule has 0 aliphatic carbocycles. The molecule has 0 saturated carbocycles. The van der Waals surface area contributed by atoms with Gasteiger partial charge in [0.25, 0.3) is 0 Å². The number of benzene rings is 2. The maximum Gasteiger partial charge on any atom is 0.373 e. The predicted molar refractivity (Wildman–Crippen MR) is 109 cm³/mol. The molecule has 144 valence electrons. The van der Waals surface area contributed by atoms with Gasteiger partial charge in [0.15, 0.2) is 0 Å². The molecule has 1 aromatic heterocycles. The van der Waals surface area contributed by atoms with Crippen molar-refractivity contribution in [1.82, 2.24) is 9.97 Å². The van der Waals surface area contributed by atoms with Gasteiger partial charge in [-0.3, -0.25) is 10.1 Å². The van der Waals surface area contributed by atoms with Crippen LogP contribution in [0.2, 0.25) is 10.0 Å². The molecule has 0 aliphatic rings. The molecule has 3 aromatic rings. The fraction of sp³-hybridized carbons (Fsp3) is 0.158. The number of halogens is 2. The van der Waals surface area contributed by atoms with Gasteiger partial charge in [0.05, 0.1) is 4.92 Å². The van der Waals surface area contributed by atoms with Crippen LogP contribution >= 0.6 is 23.2 Å². The van der Waals surface area contributed by atoms with Crippen molar-refractivity contribution in [3.63, 3.8) is 0 Å². The van der Waals surface area contributed by atoms with E-state index in [0.29, 0.717) is 27.4 Å². The molecule has 1 N–H and O–H groups in total. The van der Waals surface area contributed by atoms with Crippen molar-refractivity contribution in [3.05, 3.63) is 74.5 Å². The zero-order valence-corrected chi connectivity index (χ0v) is 16.5. The van der Waals surface area contributed by atoms with E-state index in [1.165, 1.54) is 6.33 Å². The normalized spacial score (nSPS) is 10.8. The maximum atomic E-state index is 11.7. The Morgan fingerprint density at radius 1 is 1.07 bits per heavy atom. The highest BCUT2D eigenvalue weighted by Crippen LogP contribution is 2.36. The highest BCUT2D eigenvalue weighted by atomic mass is 35.5. The standard InChI is InChI=1S/C19H16Cl2N4O3/c1-11(2)12-3-5-16(6-4-12)28-19-17(25(26)27)18(22-10-23-19)24-15-8-13(20)7-14(21)9-15/h3-11H,1-2H3,(H,22,23,24). The minimum Gasteiger partial charge on any atom is -0.434 e. The van der Waals surface area contributed by atoms with Crippen LogP contribution in [-0.4, -0.2) is 14.9 Å². The molecule has 0 aliphatic heterocycles. The number of nitro groups is 1. The van der Waals surface area contributed by atoms with Crippen molar-refractivity contribution in [2.45, 2.75) is 19.8 Å². The van der Waals surface area contributed by atoms with Crippen LogP contribution in [0.4, 0.5) is 17.2 Å². The lowest BCUT2D eigenvalue weighted by Gasteiger charge is -2.11. The molecule has 28 heavy (non-hydrogen) atoms. The smallest absolute Gasteiger partial charge is 0.373 e. The van der Waals surface area contributed by atoms with Crippen LogP contribution in [0, 0.1) is 10.1 Å². The van der Waals surface area contributed by atoms with E-state index in [1.54, 1.807) is 30.3 Å². The second-order valence-corrected chi connectivity index (χ2v) is 7.11. The predicted octanol–water partition coefficient (Wildman–Crippen LogP) is 6.35. The number of ether oxygens (including phenoxy) is 1. The Morgan fingerprint density at radius 3 is 2.29 bits per heavy atom. The van der Waals surface area contributed by atoms with Gasteiger partial charge in [0.2, 0.25) is 5.82 Å². The van der Waals surface area contributed by atoms with Crippen LogP contribution in [0.3, 0.4) is 0 Å². The summed E-state index contributed by atoms with van der Waals surface area (Å²) in [5.41, 5.74) is 1.18. The van der Waals surface area contributed by atoms with E-state index in [4.69, 9.17) is 27.9 Å². The summed E-state index contributed by atoms with van der Waals surface area (Å²) >= 11 is 12.0. The molecule has 0 saturated heterocycles. The molecule has 0 atom stereocenters. The largest absolute Gasteiger partial charge is 0.434 e. The zero-order valence-electron chi connectivity index (χ0n) is 15.0. The van der Waals surface area contributed by atoms with Gasteiger partial charge in [-0.1, -0.05) is 49.2 Å². The van der Waals surface area contributed by atoms with Crippen molar-refractivity contribution in [2.75, 3.05) is 5.32 Å². The lowest BCUT2D eigenvalue weighted by atomic mass is 10.0. The number of aromatic nitrogens is 2. The van der Waals surface area contributed by atoms with Crippen molar-refractivity contribution in [2.24, 2.45) is 0 Å². The molecule has 0 bridgehead atoms. The molecule has 0 amide bonds. The molecule has 3 rings (SSSR count). The second kappa shape index (κ2) is 8.41. The third-order valence-corrected chi connectivity index (χ3v) is 4.29. The Kier molecular flexibility index (Phi) is 5.96. The van der Waals surface area contributed by atoms with Gasteiger partial charge in [-0.25, -0.2) is 4.98 Å². The van der Waals surface area contributed by atoms with Gasteiger partial charge < -0.3 is 10.1 Å². The van der Waals surface area contributed by atoms with Crippen LogP contribution < -0.4 is 10.1 Å². The lowest BCUT2D eigenvalue weighted by Crippen LogP contribution is -2.03. The average Bonchev–Trinajstić information content (AvgIpc) is 2.61. The van der Waals surface area contributed by atoms with E-state index in [-0.39, 0.29) is 11.7 Å². The highest BCUT2D eigenvalue weighted by Gasteiger charge is 2.25. The van der Waals surface area contributed by atoms with Crippen LogP contribution in [0.15, 0.2) is 48.8 Å². The van der Waals surface area contributed by atoms with E-state index < -0.39 is 10.6 Å². The van der Waals surface area contributed by atoms with E-state index >= 15 is 0 Å². The van der Waals surface area contributed by atoms with Crippen molar-refractivity contribution in [1.29, 1.82) is 0 Å². The van der Waals surface area contributed by atoms with Gasteiger partial charge in [-0.05, 0) is 41.8 Å². The van der Waals surface area contributed by atoms with Crippen LogP contribution in [-0.2, 0) is 0 Å². The molecular weight excluding hydrogens is 403 g/mol. The number of rotatable bonds is 6. The number of hydrogen-bond acceptors (Lipinski definition) is 6. The molecule has 9 heteroatoms. The van der Waals surface area contributed by atoms with Gasteiger partial charge in [-0.15, -0.1) is 0 Å². The Hall–Kier alpha value is -2.90. The van der Waals surface area contributed by atoms with Crippen LogP contribution in [0.1, 0.15) is 25.3 Å². The van der Waals surface area contributed by atoms with E-state index in [0.717, 1.165) is 5.56 Å². The van der Waals surface area contributed by atoms with Crippen molar-refractivity contribution < 1.29 is 9.66 Å². The first kappa shape index (κ1) is 19.9. The van der Waals surface area contributed by atoms with Gasteiger partial charge >= 0.3 is 11.6 Å². The topological polar surface area (TPSA) is 90.2 Å². The minimum atomic E-state index is -0.605. The van der Waals surface area contributed by atoms with Gasteiger partial charge in [0, 0.05) is 15.7 Å². The molecule has 7 nitrogen and oxygen atoms in total. The Labute approximate surface area is 171 Å². The number of hydrogen-bond donors (Lipinski definition) is 1. The SMILES string of the molecule is CC(C)c1ccc(Oc2ncnc(Nc3cc(Cl)cc(Cl)c3)c2[N+](=O)[O-])cc1. The molecule has 0 fully saturated rings. The maximum absolute atomic E-state index is 11.7. The minimum absolute atomic E-state index is 0.0351. The number of anilines is 2. The van der Waals surface area contributed by atoms with E-state index in [9.17, 15) is 10.1 Å². The number of nitrogens with one attached hydrogen (secondary N) is 1. The first-order valence-electron chi connectivity index (χ1n) is 8.34. The quantitative estimate of drug-likeness (QED) is 0.370. The summed E-state index contributed by atoms with van der Waals surface area (Å²) in [5.74, 6) is 0.589. The van der Waals surface area contributed by atoms with Crippen LogP contribution in [0.25, 0.3) is 0 Å². The van der Waals surface area contributed by atoms with E-state index in [1.807, 2.05) is 12.1 Å². The first-order chi connectivity index (χ1) is 13.3. The summed E-state index contributed by atoms with van der Waals surface area (Å²) < 4.78 is 5.65. The molecule has 2 aromatic carbocycles. The summed E-state index contributed by atoms with van der Waals surface area (Å²) in [4.78, 5) is 18.9. The van der Waals surface area contributed by atoms with Crippen molar-refractivity contribution in [3.8, 4) is 11.6 Å². The summed E-state index contributed by atoms with van der Waals surface area (Å²) in [5, 5.41) is 15.3. The number of nitrogens with zero attached hydrogens (tertiary/aromatic N) is 3. The van der Waals surface area contributed by atoms with Gasteiger partial charge in [0.1, 0.15) is 12.1 Å². The Balaban J connectivity index is 1.94. The van der Waals surface area contributed by atoms with E-state index in [2.05, 4.69) is 29.1 Å². The third-order valence-electron chi connectivity index (χ3n) is 3.86. The third kappa shape index (κ3) is 4.68. The van der Waals surface area contributed by atoms with Gasteiger partial charge in [-0.2, -0.15) is 4.98 Å².